The summed E-state index contributed by atoms with van der Waals surface area (Å²) in [4.78, 5) is 0. The molecule has 0 fully saturated rings. The normalized spacial score (nSPS) is 14.0. The lowest BCUT2D eigenvalue weighted by Crippen LogP contribution is -2.30. The fraction of sp³-hybridized carbons (Fsp3) is 0.333. The highest BCUT2D eigenvalue weighted by Crippen LogP contribution is 2.27. The third-order valence-corrected chi connectivity index (χ3v) is 2.58. The van der Waals surface area contributed by atoms with Gasteiger partial charge in [0.1, 0.15) is 5.82 Å². The Labute approximate surface area is 91.9 Å². The van der Waals surface area contributed by atoms with Crippen molar-refractivity contribution in [3.63, 3.8) is 0 Å². The predicted octanol–water partition coefficient (Wildman–Crippen LogP) is 3.05. The van der Waals surface area contributed by atoms with Gasteiger partial charge in [0.2, 0.25) is 0 Å². The maximum Gasteiger partial charge on any atom is 0.414 e. The van der Waals surface area contributed by atoms with E-state index in [-0.39, 0.29) is 10.0 Å². The molecule has 0 aliphatic rings. The maximum atomic E-state index is 13.1. The van der Waals surface area contributed by atoms with Crippen LogP contribution in [0.5, 0.6) is 0 Å². The van der Waals surface area contributed by atoms with Gasteiger partial charge in [-0.15, -0.1) is 0 Å². The highest BCUT2D eigenvalue weighted by Gasteiger charge is 2.38. The molecule has 6 heteroatoms. The molecule has 1 nitrogen and oxygen atoms in total. The zero-order chi connectivity index (χ0) is 11.6. The lowest BCUT2D eigenvalue weighted by molar-refractivity contribution is -0.203. The Morgan fingerprint density at radius 1 is 1.33 bits per heavy atom. The molecular weight excluding hydrogens is 280 g/mol. The first kappa shape index (κ1) is 12.4. The summed E-state index contributed by atoms with van der Waals surface area (Å²) in [6.45, 7) is 0. The van der Waals surface area contributed by atoms with E-state index in [0.717, 1.165) is 6.07 Å². The lowest BCUT2D eigenvalue weighted by atomic mass is 10.1. The molecule has 0 bridgehead atoms. The van der Waals surface area contributed by atoms with E-state index in [2.05, 4.69) is 15.9 Å². The SMILES string of the molecule is OC(Cc1c(F)cccc1Br)C(F)(F)F. The molecular formula is C9H7BrF4O. The van der Waals surface area contributed by atoms with E-state index in [1.54, 1.807) is 0 Å². The second-order valence-electron chi connectivity index (χ2n) is 2.96. The summed E-state index contributed by atoms with van der Waals surface area (Å²) in [5.41, 5.74) is -0.178. The molecule has 0 aromatic heterocycles. The van der Waals surface area contributed by atoms with E-state index in [9.17, 15) is 17.6 Å². The van der Waals surface area contributed by atoms with Crippen molar-refractivity contribution in [3.8, 4) is 0 Å². The van der Waals surface area contributed by atoms with Gasteiger partial charge in [-0.3, -0.25) is 0 Å². The monoisotopic (exact) mass is 286 g/mol. The van der Waals surface area contributed by atoms with Crippen molar-refractivity contribution in [2.75, 3.05) is 0 Å². The zero-order valence-corrected chi connectivity index (χ0v) is 8.94. The topological polar surface area (TPSA) is 20.2 Å². The van der Waals surface area contributed by atoms with Crippen LogP contribution in [0.2, 0.25) is 0 Å². The first-order valence-corrected chi connectivity index (χ1v) is 4.79. The third kappa shape index (κ3) is 3.17. The second kappa shape index (κ2) is 4.49. The number of rotatable bonds is 2. The number of alkyl halides is 3. The molecule has 1 N–H and O–H groups in total. The van der Waals surface area contributed by atoms with Crippen LogP contribution in [0.25, 0.3) is 0 Å². The van der Waals surface area contributed by atoms with Crippen molar-refractivity contribution in [2.45, 2.75) is 18.7 Å². The molecule has 0 aliphatic heterocycles. The molecule has 0 amide bonds. The van der Waals surface area contributed by atoms with Crippen molar-refractivity contribution < 1.29 is 22.7 Å². The van der Waals surface area contributed by atoms with Crippen LogP contribution in [0.4, 0.5) is 17.6 Å². The molecule has 1 aromatic rings. The minimum atomic E-state index is -4.73. The van der Waals surface area contributed by atoms with Gasteiger partial charge in [0.05, 0.1) is 0 Å². The fourth-order valence-electron chi connectivity index (χ4n) is 1.04. The minimum Gasteiger partial charge on any atom is -0.383 e. The summed E-state index contributed by atoms with van der Waals surface area (Å²) in [7, 11) is 0. The van der Waals surface area contributed by atoms with Gasteiger partial charge in [0, 0.05) is 16.5 Å². The van der Waals surface area contributed by atoms with Crippen LogP contribution in [-0.2, 0) is 6.42 Å². The van der Waals surface area contributed by atoms with Crippen LogP contribution in [0.15, 0.2) is 22.7 Å². The van der Waals surface area contributed by atoms with Gasteiger partial charge in [-0.25, -0.2) is 4.39 Å². The molecule has 0 heterocycles. The van der Waals surface area contributed by atoms with Crippen LogP contribution in [-0.4, -0.2) is 17.4 Å². The molecule has 15 heavy (non-hydrogen) atoms. The molecule has 84 valence electrons. The van der Waals surface area contributed by atoms with Gasteiger partial charge in [-0.1, -0.05) is 22.0 Å². The molecule has 1 unspecified atom stereocenters. The Hall–Kier alpha value is -0.620. The van der Waals surface area contributed by atoms with Gasteiger partial charge >= 0.3 is 6.18 Å². The van der Waals surface area contributed by atoms with Gasteiger partial charge < -0.3 is 5.11 Å². The van der Waals surface area contributed by atoms with Gasteiger partial charge in [0.25, 0.3) is 0 Å². The van der Waals surface area contributed by atoms with Crippen LogP contribution < -0.4 is 0 Å². The molecule has 0 saturated heterocycles. The number of hydrogen-bond donors (Lipinski definition) is 1. The van der Waals surface area contributed by atoms with Crippen LogP contribution in [0.1, 0.15) is 5.56 Å². The van der Waals surface area contributed by atoms with Crippen LogP contribution >= 0.6 is 15.9 Å². The highest BCUT2D eigenvalue weighted by molar-refractivity contribution is 9.10. The number of benzene rings is 1. The lowest BCUT2D eigenvalue weighted by Gasteiger charge is -2.15. The second-order valence-corrected chi connectivity index (χ2v) is 3.82. The zero-order valence-electron chi connectivity index (χ0n) is 7.35. The summed E-state index contributed by atoms with van der Waals surface area (Å²) >= 11 is 2.92. The van der Waals surface area contributed by atoms with Crippen molar-refractivity contribution in [2.24, 2.45) is 0 Å². The summed E-state index contributed by atoms with van der Waals surface area (Å²) < 4.78 is 49.3. The first-order chi connectivity index (χ1) is 6.82. The van der Waals surface area contributed by atoms with E-state index >= 15 is 0 Å². The molecule has 0 spiro atoms. The number of aliphatic hydroxyl groups excluding tert-OH is 1. The summed E-state index contributed by atoms with van der Waals surface area (Å²) in [5.74, 6) is -0.771. The Morgan fingerprint density at radius 3 is 2.40 bits per heavy atom. The largest absolute Gasteiger partial charge is 0.414 e. The Bertz CT molecular complexity index is 330. The van der Waals surface area contributed by atoms with E-state index in [1.165, 1.54) is 12.1 Å². The molecule has 1 aromatic carbocycles. The quantitative estimate of drug-likeness (QED) is 0.829. The van der Waals surface area contributed by atoms with Crippen molar-refractivity contribution in [3.05, 3.63) is 34.1 Å². The standard InChI is InChI=1S/C9H7BrF4O/c10-6-2-1-3-7(11)5(6)4-8(15)9(12,13)14/h1-3,8,15H,4H2. The predicted molar refractivity (Wildman–Crippen MR) is 49.9 cm³/mol. The summed E-state index contributed by atoms with van der Waals surface area (Å²) in [5, 5.41) is 8.78. The average Bonchev–Trinajstić information content (AvgIpc) is 2.09. The maximum absolute atomic E-state index is 13.1. The number of aliphatic hydroxyl groups is 1. The van der Waals surface area contributed by atoms with E-state index < -0.39 is 24.5 Å². The highest BCUT2D eigenvalue weighted by atomic mass is 79.9. The fourth-order valence-corrected chi connectivity index (χ4v) is 1.54. The Kier molecular flexibility index (Phi) is 3.72. The van der Waals surface area contributed by atoms with Crippen molar-refractivity contribution in [1.29, 1.82) is 0 Å². The average molecular weight is 287 g/mol. The van der Waals surface area contributed by atoms with Crippen molar-refractivity contribution in [1.82, 2.24) is 0 Å². The Morgan fingerprint density at radius 2 is 1.93 bits per heavy atom. The third-order valence-electron chi connectivity index (χ3n) is 1.84. The smallest absolute Gasteiger partial charge is 0.383 e. The van der Waals surface area contributed by atoms with E-state index in [0.29, 0.717) is 0 Å². The minimum absolute atomic E-state index is 0.178. The molecule has 1 rings (SSSR count). The first-order valence-electron chi connectivity index (χ1n) is 4.00. The van der Waals surface area contributed by atoms with E-state index in [4.69, 9.17) is 5.11 Å². The van der Waals surface area contributed by atoms with Crippen molar-refractivity contribution >= 4 is 15.9 Å². The Balaban J connectivity index is 2.90. The molecule has 0 saturated carbocycles. The van der Waals surface area contributed by atoms with Crippen LogP contribution in [0.3, 0.4) is 0 Å². The summed E-state index contributed by atoms with van der Waals surface area (Å²) in [6, 6.07) is 3.83. The molecule has 1 atom stereocenters. The van der Waals surface area contributed by atoms with Crippen LogP contribution in [0, 0.1) is 5.82 Å². The van der Waals surface area contributed by atoms with E-state index in [1.807, 2.05) is 0 Å². The molecule has 0 radical (unpaired) electrons. The molecule has 0 aliphatic carbocycles. The summed E-state index contributed by atoms with van der Waals surface area (Å²) in [6.07, 6.45) is -8.08. The van der Waals surface area contributed by atoms with Gasteiger partial charge in [0.15, 0.2) is 6.10 Å². The number of halogens is 5. The van der Waals surface area contributed by atoms with Gasteiger partial charge in [-0.2, -0.15) is 13.2 Å². The van der Waals surface area contributed by atoms with Gasteiger partial charge in [-0.05, 0) is 12.1 Å². The number of hydrogen-bond acceptors (Lipinski definition) is 1.